The number of carbonyl (C=O) groups is 2. The summed E-state index contributed by atoms with van der Waals surface area (Å²) in [5, 5.41) is 8.87. The van der Waals surface area contributed by atoms with E-state index in [1.54, 1.807) is 17.0 Å². The third-order valence-corrected chi connectivity index (χ3v) is 5.08. The van der Waals surface area contributed by atoms with Crippen LogP contribution in [0.1, 0.15) is 46.3 Å². The van der Waals surface area contributed by atoms with Gasteiger partial charge in [0.25, 0.3) is 5.91 Å². The minimum Gasteiger partial charge on any atom is -0.445 e. The predicted molar refractivity (Wildman–Crippen MR) is 96.9 cm³/mol. The molecule has 2 saturated heterocycles. The lowest BCUT2D eigenvalue weighted by molar-refractivity contribution is -0.135. The quantitative estimate of drug-likeness (QED) is 0.803. The van der Waals surface area contributed by atoms with Gasteiger partial charge in [0.15, 0.2) is 17.8 Å². The van der Waals surface area contributed by atoms with Crippen LogP contribution in [-0.4, -0.2) is 52.8 Å². The van der Waals surface area contributed by atoms with Crippen LogP contribution in [0.3, 0.4) is 0 Å². The molecule has 2 aliphatic rings. The Kier molecular flexibility index (Phi) is 5.08. The van der Waals surface area contributed by atoms with Crippen LogP contribution in [0.25, 0.3) is 0 Å². The first-order valence-corrected chi connectivity index (χ1v) is 9.27. The number of amides is 2. The maximum Gasteiger partial charge on any atom is 0.276 e. The Morgan fingerprint density at radius 3 is 2.79 bits per heavy atom. The zero-order valence-electron chi connectivity index (χ0n) is 15.3. The lowest BCUT2D eigenvalue weighted by atomic mass is 10.1. The van der Waals surface area contributed by atoms with Gasteiger partial charge in [-0.15, -0.1) is 0 Å². The standard InChI is InChI=1S/C20H20N4O4/c21-10-14-3-5-15(6-4-14)11-23-7-8-24(12-17(23)25)20(26)18-19(28-13-22-18)16-2-1-9-27-16/h3-6,13,16H,1-2,7-9,11-12H2/t16-/m1/s1. The molecule has 1 aromatic heterocycles. The third kappa shape index (κ3) is 3.62. The largest absolute Gasteiger partial charge is 0.445 e. The summed E-state index contributed by atoms with van der Waals surface area (Å²) in [7, 11) is 0. The van der Waals surface area contributed by atoms with Crippen LogP contribution in [0.5, 0.6) is 0 Å². The van der Waals surface area contributed by atoms with Gasteiger partial charge in [0.1, 0.15) is 12.6 Å². The number of hydrogen-bond donors (Lipinski definition) is 0. The average Bonchev–Trinajstić information content (AvgIpc) is 3.41. The number of piperazine rings is 1. The molecule has 28 heavy (non-hydrogen) atoms. The van der Waals surface area contributed by atoms with Crippen molar-refractivity contribution >= 4 is 11.8 Å². The molecule has 3 heterocycles. The van der Waals surface area contributed by atoms with Crippen LogP contribution < -0.4 is 0 Å². The second-order valence-corrected chi connectivity index (χ2v) is 6.92. The third-order valence-electron chi connectivity index (χ3n) is 5.08. The summed E-state index contributed by atoms with van der Waals surface area (Å²) in [6, 6.07) is 9.22. The van der Waals surface area contributed by atoms with Crippen molar-refractivity contribution in [3.05, 3.63) is 53.2 Å². The van der Waals surface area contributed by atoms with Crippen molar-refractivity contribution in [2.45, 2.75) is 25.5 Å². The zero-order chi connectivity index (χ0) is 19.5. The molecule has 4 rings (SSSR count). The number of benzene rings is 1. The molecular formula is C20H20N4O4. The number of carbonyl (C=O) groups excluding carboxylic acids is 2. The van der Waals surface area contributed by atoms with E-state index in [0.29, 0.717) is 37.6 Å². The van der Waals surface area contributed by atoms with Crippen LogP contribution in [0.15, 0.2) is 35.1 Å². The lowest BCUT2D eigenvalue weighted by Crippen LogP contribution is -2.52. The molecule has 8 heteroatoms. The van der Waals surface area contributed by atoms with Gasteiger partial charge in [-0.05, 0) is 30.5 Å². The Bertz CT molecular complexity index is 909. The molecule has 8 nitrogen and oxygen atoms in total. The predicted octanol–water partition coefficient (Wildman–Crippen LogP) is 1.88. The zero-order valence-corrected chi connectivity index (χ0v) is 15.3. The van der Waals surface area contributed by atoms with Gasteiger partial charge in [0.2, 0.25) is 5.91 Å². The molecule has 0 spiro atoms. The van der Waals surface area contributed by atoms with Crippen molar-refractivity contribution in [3.8, 4) is 6.07 Å². The second kappa shape index (κ2) is 7.82. The van der Waals surface area contributed by atoms with E-state index in [4.69, 9.17) is 14.4 Å². The fourth-order valence-corrected chi connectivity index (χ4v) is 3.53. The lowest BCUT2D eigenvalue weighted by Gasteiger charge is -2.34. The van der Waals surface area contributed by atoms with Crippen molar-refractivity contribution in [2.24, 2.45) is 0 Å². The van der Waals surface area contributed by atoms with Crippen molar-refractivity contribution < 1.29 is 18.7 Å². The van der Waals surface area contributed by atoms with E-state index >= 15 is 0 Å². The number of ether oxygens (including phenoxy) is 1. The number of nitrogens with zero attached hydrogens (tertiary/aromatic N) is 4. The first-order chi connectivity index (χ1) is 13.7. The summed E-state index contributed by atoms with van der Waals surface area (Å²) < 4.78 is 11.0. The van der Waals surface area contributed by atoms with Gasteiger partial charge in [-0.25, -0.2) is 4.98 Å². The summed E-state index contributed by atoms with van der Waals surface area (Å²) in [5.74, 6) is 0.0340. The van der Waals surface area contributed by atoms with Gasteiger partial charge in [-0.3, -0.25) is 9.59 Å². The maximum atomic E-state index is 12.9. The fourth-order valence-electron chi connectivity index (χ4n) is 3.53. The van der Waals surface area contributed by atoms with Gasteiger partial charge in [-0.2, -0.15) is 5.26 Å². The second-order valence-electron chi connectivity index (χ2n) is 6.92. The van der Waals surface area contributed by atoms with Crippen molar-refractivity contribution in [2.75, 3.05) is 26.2 Å². The summed E-state index contributed by atoms with van der Waals surface area (Å²) in [6.07, 6.45) is 2.74. The molecule has 0 radical (unpaired) electrons. The van der Waals surface area contributed by atoms with Crippen molar-refractivity contribution in [1.29, 1.82) is 5.26 Å². The van der Waals surface area contributed by atoms with Crippen LogP contribution >= 0.6 is 0 Å². The Morgan fingerprint density at radius 1 is 1.29 bits per heavy atom. The van der Waals surface area contributed by atoms with E-state index < -0.39 is 0 Å². The maximum absolute atomic E-state index is 12.9. The molecule has 0 bridgehead atoms. The first-order valence-electron chi connectivity index (χ1n) is 9.27. The normalized spacial score (nSPS) is 19.7. The van der Waals surface area contributed by atoms with Crippen LogP contribution in [0.2, 0.25) is 0 Å². The SMILES string of the molecule is N#Cc1ccc(CN2CCN(C(=O)c3ncoc3[C@H]3CCCO3)CC2=O)cc1. The Labute approximate surface area is 162 Å². The highest BCUT2D eigenvalue weighted by molar-refractivity contribution is 5.96. The average molecular weight is 380 g/mol. The highest BCUT2D eigenvalue weighted by Gasteiger charge is 2.33. The molecule has 0 unspecified atom stereocenters. The highest BCUT2D eigenvalue weighted by atomic mass is 16.5. The minimum absolute atomic E-state index is 0.00688. The molecule has 0 saturated carbocycles. The summed E-state index contributed by atoms with van der Waals surface area (Å²) >= 11 is 0. The van der Waals surface area contributed by atoms with Crippen LogP contribution in [0.4, 0.5) is 0 Å². The number of nitriles is 1. The molecule has 2 aromatic rings. The Morgan fingerprint density at radius 2 is 2.11 bits per heavy atom. The minimum atomic E-state index is -0.300. The number of oxazole rings is 1. The molecule has 1 atom stereocenters. The van der Waals surface area contributed by atoms with E-state index in [1.165, 1.54) is 11.3 Å². The fraction of sp³-hybridized carbons (Fsp3) is 0.400. The highest BCUT2D eigenvalue weighted by Crippen LogP contribution is 2.31. The van der Waals surface area contributed by atoms with Crippen LogP contribution in [-0.2, 0) is 16.1 Å². The van der Waals surface area contributed by atoms with Crippen LogP contribution in [0, 0.1) is 11.3 Å². The summed E-state index contributed by atoms with van der Waals surface area (Å²) in [6.45, 7) is 1.98. The van der Waals surface area contributed by atoms with E-state index in [2.05, 4.69) is 11.1 Å². The topological polar surface area (TPSA) is 99.7 Å². The summed E-state index contributed by atoms with van der Waals surface area (Å²) in [5.41, 5.74) is 1.77. The van der Waals surface area contributed by atoms with Gasteiger partial charge < -0.3 is 19.0 Å². The molecule has 144 valence electrons. The van der Waals surface area contributed by atoms with E-state index in [0.717, 1.165) is 18.4 Å². The van der Waals surface area contributed by atoms with Gasteiger partial charge >= 0.3 is 0 Å². The van der Waals surface area contributed by atoms with Gasteiger partial charge in [0, 0.05) is 26.2 Å². The summed E-state index contributed by atoms with van der Waals surface area (Å²) in [4.78, 5) is 32.7. The van der Waals surface area contributed by atoms with Crippen molar-refractivity contribution in [1.82, 2.24) is 14.8 Å². The van der Waals surface area contributed by atoms with E-state index in [1.807, 2.05) is 12.1 Å². The van der Waals surface area contributed by atoms with Gasteiger partial charge in [-0.1, -0.05) is 12.1 Å². The number of hydrogen-bond acceptors (Lipinski definition) is 6. The molecule has 2 amide bonds. The number of aromatic nitrogens is 1. The molecule has 1 aromatic carbocycles. The number of rotatable bonds is 4. The Balaban J connectivity index is 1.40. The molecule has 0 N–H and O–H groups in total. The molecule has 0 aliphatic carbocycles. The molecular weight excluding hydrogens is 360 g/mol. The van der Waals surface area contributed by atoms with E-state index in [-0.39, 0.29) is 30.2 Å². The van der Waals surface area contributed by atoms with Gasteiger partial charge in [0.05, 0.1) is 11.6 Å². The molecule has 2 fully saturated rings. The first kappa shape index (κ1) is 18.2. The van der Waals surface area contributed by atoms with E-state index in [9.17, 15) is 9.59 Å². The smallest absolute Gasteiger partial charge is 0.276 e. The monoisotopic (exact) mass is 380 g/mol. The van der Waals surface area contributed by atoms with Crippen molar-refractivity contribution in [3.63, 3.8) is 0 Å². The Hall–Kier alpha value is -3.18. The molecule has 2 aliphatic heterocycles.